The number of hydrogen-bond donors (Lipinski definition) is 1. The quantitative estimate of drug-likeness (QED) is 0.169. The number of pyridine rings is 2. The van der Waals surface area contributed by atoms with Crippen molar-refractivity contribution in [3.05, 3.63) is 181 Å². The summed E-state index contributed by atoms with van der Waals surface area (Å²) in [6, 6.07) is 58.7. The molecular formula is C54H46N3OPt-. The molecule has 0 aliphatic carbocycles. The molecule has 3 aromatic heterocycles. The number of aromatic hydroxyl groups is 1. The number of hydrogen-bond acceptors (Lipinski definition) is 3. The predicted octanol–water partition coefficient (Wildman–Crippen LogP) is 14.0. The van der Waals surface area contributed by atoms with Crippen molar-refractivity contribution in [2.75, 3.05) is 0 Å². The van der Waals surface area contributed by atoms with Gasteiger partial charge in [-0.25, -0.2) is 0 Å². The van der Waals surface area contributed by atoms with Gasteiger partial charge < -0.3 is 9.67 Å². The number of benzene rings is 6. The van der Waals surface area contributed by atoms with Crippen LogP contribution < -0.4 is 0 Å². The third-order valence-electron chi connectivity index (χ3n) is 11.2. The van der Waals surface area contributed by atoms with Crippen LogP contribution in [0.4, 0.5) is 0 Å². The van der Waals surface area contributed by atoms with Gasteiger partial charge in [-0.1, -0.05) is 150 Å². The predicted molar refractivity (Wildman–Crippen MR) is 241 cm³/mol. The average molecular weight is 948 g/mol. The van der Waals surface area contributed by atoms with Gasteiger partial charge in [-0.05, 0) is 81.1 Å². The summed E-state index contributed by atoms with van der Waals surface area (Å²) < 4.78 is 2.41. The van der Waals surface area contributed by atoms with Crippen LogP contribution in [0.1, 0.15) is 52.7 Å². The van der Waals surface area contributed by atoms with E-state index in [9.17, 15) is 5.11 Å². The van der Waals surface area contributed by atoms with Crippen molar-refractivity contribution in [3.63, 3.8) is 0 Å². The van der Waals surface area contributed by atoms with Crippen molar-refractivity contribution >= 4 is 21.8 Å². The first-order chi connectivity index (χ1) is 27.9. The van der Waals surface area contributed by atoms with Crippen LogP contribution in [0, 0.1) is 6.07 Å². The van der Waals surface area contributed by atoms with Crippen LogP contribution in [0.15, 0.2) is 164 Å². The van der Waals surface area contributed by atoms with E-state index in [-0.39, 0.29) is 37.6 Å². The Hall–Kier alpha value is -6.09. The summed E-state index contributed by atoms with van der Waals surface area (Å²) in [6.07, 6.45) is 1.88. The molecule has 0 aliphatic heterocycles. The minimum atomic E-state index is -0.0132. The molecule has 294 valence electrons. The molecule has 59 heavy (non-hydrogen) atoms. The molecule has 0 unspecified atom stereocenters. The molecule has 0 aliphatic rings. The van der Waals surface area contributed by atoms with E-state index in [0.717, 1.165) is 61.5 Å². The van der Waals surface area contributed by atoms with E-state index in [2.05, 4.69) is 174 Å². The zero-order valence-corrected chi connectivity index (χ0v) is 36.5. The van der Waals surface area contributed by atoms with E-state index in [1.54, 1.807) is 6.07 Å². The molecule has 3 heterocycles. The Kier molecular flexibility index (Phi) is 10.5. The minimum Gasteiger partial charge on any atom is -0.507 e. The Labute approximate surface area is 361 Å². The smallest absolute Gasteiger partial charge is 0.124 e. The number of phenols is 1. The first kappa shape index (κ1) is 39.7. The molecule has 1 N–H and O–H groups in total. The zero-order chi connectivity index (χ0) is 40.2. The average Bonchev–Trinajstić information content (AvgIpc) is 3.58. The van der Waals surface area contributed by atoms with E-state index >= 15 is 0 Å². The largest absolute Gasteiger partial charge is 0.507 e. The monoisotopic (exact) mass is 947 g/mol. The Morgan fingerprint density at radius 1 is 0.508 bits per heavy atom. The summed E-state index contributed by atoms with van der Waals surface area (Å²) in [5.41, 5.74) is 15.0. The molecule has 6 aromatic carbocycles. The summed E-state index contributed by atoms with van der Waals surface area (Å²) in [5.74, 6) is 0.180. The van der Waals surface area contributed by atoms with Gasteiger partial charge in [0.25, 0.3) is 0 Å². The molecule has 9 rings (SSSR count). The van der Waals surface area contributed by atoms with E-state index in [0.29, 0.717) is 11.3 Å². The van der Waals surface area contributed by atoms with Gasteiger partial charge >= 0.3 is 0 Å². The molecule has 0 spiro atoms. The summed E-state index contributed by atoms with van der Waals surface area (Å²) in [7, 11) is 0. The van der Waals surface area contributed by atoms with Crippen molar-refractivity contribution in [1.29, 1.82) is 0 Å². The molecule has 5 heteroatoms. The van der Waals surface area contributed by atoms with Crippen molar-refractivity contribution in [2.45, 2.75) is 52.4 Å². The van der Waals surface area contributed by atoms with E-state index in [1.165, 1.54) is 21.9 Å². The van der Waals surface area contributed by atoms with Crippen molar-refractivity contribution in [1.82, 2.24) is 14.5 Å². The van der Waals surface area contributed by atoms with E-state index in [1.807, 2.05) is 36.5 Å². The summed E-state index contributed by atoms with van der Waals surface area (Å²) in [5, 5.41) is 13.5. The van der Waals surface area contributed by atoms with Crippen molar-refractivity contribution in [2.24, 2.45) is 0 Å². The van der Waals surface area contributed by atoms with Gasteiger partial charge in [0.15, 0.2) is 0 Å². The molecule has 9 aromatic rings. The number of para-hydroxylation sites is 3. The van der Waals surface area contributed by atoms with Crippen molar-refractivity contribution in [3.8, 4) is 67.5 Å². The van der Waals surface area contributed by atoms with Crippen LogP contribution in [0.2, 0.25) is 0 Å². The first-order valence-electron chi connectivity index (χ1n) is 20.0. The molecule has 0 bridgehead atoms. The number of rotatable bonds is 6. The van der Waals surface area contributed by atoms with Gasteiger partial charge in [-0.15, -0.1) is 24.3 Å². The first-order valence-corrected chi connectivity index (χ1v) is 20.0. The maximum absolute atomic E-state index is 11.1. The van der Waals surface area contributed by atoms with Crippen molar-refractivity contribution < 1.29 is 26.2 Å². The maximum Gasteiger partial charge on any atom is 0.124 e. The van der Waals surface area contributed by atoms with Gasteiger partial charge in [-0.2, -0.15) is 0 Å². The standard InChI is InChI=1S/C54H46N3O.Pt/c1-53(2,3)38-25-27-40(28-26-38)57-50-23-11-9-19-43(50)45-22-14-21-44(52(45)57)42-18-8-7-17-41(42)37-32-48(56-49(33-37)46-20-10-12-24-51(46)58)36-16-13-15-35(31-36)47-34-39(29-30-55-47)54(4,5)6;/h7-30,32-34,58H,1-6H3;/q-1;. The molecular weight excluding hydrogens is 902 g/mol. The topological polar surface area (TPSA) is 50.9 Å². The molecule has 0 radical (unpaired) electrons. The SMILES string of the molecule is CC(C)(C)c1ccc(-n2c3ccccc3c3cccc(-c4ccccc4-c4cc(-c5[c-]c(-c6cc(C(C)(C)C)ccn6)ccc5)nc(-c5ccccc5O)c4)c32)cc1.[Pt]. The second-order valence-corrected chi connectivity index (χ2v) is 17.2. The fourth-order valence-electron chi connectivity index (χ4n) is 8.05. The number of phenolic OH excluding ortho intramolecular Hbond substituents is 1. The van der Waals surface area contributed by atoms with E-state index in [4.69, 9.17) is 9.97 Å². The van der Waals surface area contributed by atoms with Crippen LogP contribution >= 0.6 is 0 Å². The number of aromatic nitrogens is 3. The van der Waals surface area contributed by atoms with Crippen LogP contribution in [0.25, 0.3) is 83.5 Å². The Bertz CT molecular complexity index is 2980. The molecule has 0 atom stereocenters. The van der Waals surface area contributed by atoms with Gasteiger partial charge in [0.05, 0.1) is 16.7 Å². The Morgan fingerprint density at radius 3 is 1.83 bits per heavy atom. The van der Waals surface area contributed by atoms with Gasteiger partial charge in [0.2, 0.25) is 0 Å². The number of nitrogens with zero attached hydrogens (tertiary/aromatic N) is 3. The van der Waals surface area contributed by atoms with E-state index < -0.39 is 0 Å². The summed E-state index contributed by atoms with van der Waals surface area (Å²) in [6.45, 7) is 13.4. The Morgan fingerprint density at radius 2 is 1.10 bits per heavy atom. The molecule has 0 saturated carbocycles. The van der Waals surface area contributed by atoms with Gasteiger partial charge in [0.1, 0.15) is 5.75 Å². The second-order valence-electron chi connectivity index (χ2n) is 17.2. The zero-order valence-electron chi connectivity index (χ0n) is 34.2. The summed E-state index contributed by atoms with van der Waals surface area (Å²) >= 11 is 0. The second kappa shape index (κ2) is 15.6. The van der Waals surface area contributed by atoms with Crippen LogP contribution in [0.5, 0.6) is 5.75 Å². The van der Waals surface area contributed by atoms with Crippen LogP contribution in [-0.4, -0.2) is 19.6 Å². The van der Waals surface area contributed by atoms with Gasteiger partial charge in [0, 0.05) is 66.2 Å². The molecule has 0 fully saturated rings. The Balaban J connectivity index is 0.00000484. The molecule has 0 saturated heterocycles. The third kappa shape index (κ3) is 7.54. The maximum atomic E-state index is 11.1. The molecule has 0 amide bonds. The number of fused-ring (bicyclic) bond motifs is 3. The fourth-order valence-corrected chi connectivity index (χ4v) is 8.05. The van der Waals surface area contributed by atoms with Crippen LogP contribution in [0.3, 0.4) is 0 Å². The fraction of sp³-hybridized carbons (Fsp3) is 0.148. The third-order valence-corrected chi connectivity index (χ3v) is 11.2. The molecule has 4 nitrogen and oxygen atoms in total. The van der Waals surface area contributed by atoms with Crippen LogP contribution in [-0.2, 0) is 31.9 Å². The van der Waals surface area contributed by atoms with Gasteiger partial charge in [-0.3, -0.25) is 9.97 Å². The minimum absolute atomic E-state index is 0. The summed E-state index contributed by atoms with van der Waals surface area (Å²) in [4.78, 5) is 9.94. The normalized spacial score (nSPS) is 11.8.